The summed E-state index contributed by atoms with van der Waals surface area (Å²) in [5.41, 5.74) is 2.19. The Morgan fingerprint density at radius 2 is 1.81 bits per heavy atom. The van der Waals surface area contributed by atoms with Gasteiger partial charge in [-0.05, 0) is 54.6 Å². The fourth-order valence-corrected chi connectivity index (χ4v) is 4.25. The van der Waals surface area contributed by atoms with Crippen molar-refractivity contribution in [3.63, 3.8) is 0 Å². The van der Waals surface area contributed by atoms with Crippen molar-refractivity contribution in [1.82, 2.24) is 19.6 Å². The normalized spacial score (nSPS) is 13.6. The molecule has 1 saturated heterocycles. The molecule has 1 fully saturated rings. The summed E-state index contributed by atoms with van der Waals surface area (Å²) in [6, 6.07) is 16.0. The Hall–Kier alpha value is -4.34. The summed E-state index contributed by atoms with van der Waals surface area (Å²) in [5, 5.41) is 3.98. The van der Waals surface area contributed by atoms with Crippen LogP contribution in [0.3, 0.4) is 0 Å². The second-order valence-electron chi connectivity index (χ2n) is 8.36. The first-order valence-electron chi connectivity index (χ1n) is 11.6. The standard InChI is InChI=1S/C26H26FN5O4/c1-34-20-8-6-19(7-9-20)30-12-14-31(15-13-30)24(33)17-32-11-3-4-22(32)26-28-25(29-36-26)18-5-10-23(35-2)21(27)16-18/h3-11,16H,12-15,17H2,1-2H3. The number of benzene rings is 2. The summed E-state index contributed by atoms with van der Waals surface area (Å²) in [7, 11) is 3.05. The van der Waals surface area contributed by atoms with E-state index in [4.69, 9.17) is 14.0 Å². The van der Waals surface area contributed by atoms with Crippen LogP contribution in [0.15, 0.2) is 65.3 Å². The highest BCUT2D eigenvalue weighted by atomic mass is 19.1. The van der Waals surface area contributed by atoms with Gasteiger partial charge in [0.1, 0.15) is 18.0 Å². The van der Waals surface area contributed by atoms with Gasteiger partial charge in [-0.15, -0.1) is 0 Å². The predicted molar refractivity (Wildman–Crippen MR) is 131 cm³/mol. The van der Waals surface area contributed by atoms with Crippen LogP contribution in [0.5, 0.6) is 11.5 Å². The zero-order chi connectivity index (χ0) is 25.1. The van der Waals surface area contributed by atoms with E-state index in [1.54, 1.807) is 30.0 Å². The van der Waals surface area contributed by atoms with Crippen LogP contribution >= 0.6 is 0 Å². The van der Waals surface area contributed by atoms with E-state index in [1.165, 1.54) is 19.2 Å². The molecule has 9 nitrogen and oxygen atoms in total. The molecule has 2 aromatic carbocycles. The smallest absolute Gasteiger partial charge is 0.274 e. The fourth-order valence-electron chi connectivity index (χ4n) is 4.25. The van der Waals surface area contributed by atoms with Gasteiger partial charge in [-0.2, -0.15) is 4.98 Å². The maximum atomic E-state index is 14.1. The number of nitrogens with zero attached hydrogens (tertiary/aromatic N) is 5. The van der Waals surface area contributed by atoms with Crippen LogP contribution in [0.25, 0.3) is 23.0 Å². The molecule has 186 valence electrons. The highest BCUT2D eigenvalue weighted by Crippen LogP contribution is 2.27. The molecule has 0 N–H and O–H groups in total. The third-order valence-corrected chi connectivity index (χ3v) is 6.26. The van der Waals surface area contributed by atoms with Crippen LogP contribution in [0, 0.1) is 5.82 Å². The number of hydrogen-bond acceptors (Lipinski definition) is 7. The highest BCUT2D eigenvalue weighted by molar-refractivity contribution is 5.77. The van der Waals surface area contributed by atoms with Crippen molar-refractivity contribution in [3.8, 4) is 34.5 Å². The second-order valence-corrected chi connectivity index (χ2v) is 8.36. The summed E-state index contributed by atoms with van der Waals surface area (Å²) in [6.45, 7) is 2.92. The lowest BCUT2D eigenvalue weighted by atomic mass is 10.2. The van der Waals surface area contributed by atoms with Crippen LogP contribution in [0.2, 0.25) is 0 Å². The topological polar surface area (TPSA) is 85.9 Å². The number of rotatable bonds is 7. The van der Waals surface area contributed by atoms with Gasteiger partial charge in [0, 0.05) is 43.6 Å². The van der Waals surface area contributed by atoms with Gasteiger partial charge in [-0.1, -0.05) is 5.16 Å². The van der Waals surface area contributed by atoms with Crippen LogP contribution in [0.4, 0.5) is 10.1 Å². The minimum absolute atomic E-state index is 0.0128. The monoisotopic (exact) mass is 491 g/mol. The van der Waals surface area contributed by atoms with Crippen LogP contribution < -0.4 is 14.4 Å². The molecule has 0 radical (unpaired) electrons. The first-order valence-corrected chi connectivity index (χ1v) is 11.6. The zero-order valence-corrected chi connectivity index (χ0v) is 20.1. The predicted octanol–water partition coefficient (Wildman–Crippen LogP) is 3.71. The van der Waals surface area contributed by atoms with Gasteiger partial charge < -0.3 is 28.4 Å². The molecule has 3 heterocycles. The Labute approximate surface area is 207 Å². The van der Waals surface area contributed by atoms with Crippen molar-refractivity contribution in [2.45, 2.75) is 6.54 Å². The number of piperazine rings is 1. The van der Waals surface area contributed by atoms with E-state index in [2.05, 4.69) is 15.0 Å². The van der Waals surface area contributed by atoms with Gasteiger partial charge in [0.05, 0.1) is 14.2 Å². The minimum atomic E-state index is -0.512. The van der Waals surface area contributed by atoms with Crippen molar-refractivity contribution in [2.24, 2.45) is 0 Å². The molecule has 36 heavy (non-hydrogen) atoms. The summed E-state index contributed by atoms with van der Waals surface area (Å²) in [6.07, 6.45) is 1.80. The van der Waals surface area contributed by atoms with Crippen molar-refractivity contribution in [2.75, 3.05) is 45.3 Å². The van der Waals surface area contributed by atoms with Crippen molar-refractivity contribution < 1.29 is 23.2 Å². The molecule has 1 aliphatic heterocycles. The molecular formula is C26H26FN5O4. The lowest BCUT2D eigenvalue weighted by Gasteiger charge is -2.36. The molecule has 0 saturated carbocycles. The van der Waals surface area contributed by atoms with E-state index >= 15 is 0 Å². The second kappa shape index (κ2) is 10.1. The Bertz CT molecular complexity index is 1340. The number of carbonyl (C=O) groups is 1. The Kier molecular flexibility index (Phi) is 6.57. The van der Waals surface area contributed by atoms with Crippen LogP contribution in [0.1, 0.15) is 0 Å². The molecular weight excluding hydrogens is 465 g/mol. The van der Waals surface area contributed by atoms with E-state index in [1.807, 2.05) is 35.2 Å². The number of aromatic nitrogens is 3. The zero-order valence-electron chi connectivity index (χ0n) is 20.1. The summed E-state index contributed by atoms with van der Waals surface area (Å²) in [4.78, 5) is 21.6. The molecule has 1 aliphatic rings. The molecule has 0 spiro atoms. The number of anilines is 1. The van der Waals surface area contributed by atoms with E-state index in [0.717, 1.165) is 24.5 Å². The van der Waals surface area contributed by atoms with Gasteiger partial charge in [-0.25, -0.2) is 4.39 Å². The maximum Gasteiger partial charge on any atom is 0.274 e. The van der Waals surface area contributed by atoms with Crippen LogP contribution in [-0.4, -0.2) is 65.9 Å². The van der Waals surface area contributed by atoms with Crippen molar-refractivity contribution >= 4 is 11.6 Å². The largest absolute Gasteiger partial charge is 0.497 e. The van der Waals surface area contributed by atoms with Gasteiger partial charge in [0.25, 0.3) is 5.89 Å². The molecule has 4 aromatic rings. The summed E-state index contributed by atoms with van der Waals surface area (Å²) in [5.74, 6) is 0.962. The SMILES string of the molecule is COc1ccc(N2CCN(C(=O)Cn3cccc3-c3nc(-c4ccc(OC)c(F)c4)no3)CC2)cc1. The molecule has 5 rings (SSSR count). The van der Waals surface area contributed by atoms with Crippen molar-refractivity contribution in [3.05, 3.63) is 66.6 Å². The molecule has 0 aliphatic carbocycles. The van der Waals surface area contributed by atoms with E-state index in [9.17, 15) is 9.18 Å². The number of carbonyl (C=O) groups excluding carboxylic acids is 1. The van der Waals surface area contributed by atoms with E-state index in [-0.39, 0.29) is 29.9 Å². The Morgan fingerprint density at radius 1 is 1.03 bits per heavy atom. The Morgan fingerprint density at radius 3 is 2.50 bits per heavy atom. The first kappa shape index (κ1) is 23.4. The fraction of sp³-hybridized carbons (Fsp3) is 0.269. The lowest BCUT2D eigenvalue weighted by Crippen LogP contribution is -2.49. The number of halogens is 1. The summed E-state index contributed by atoms with van der Waals surface area (Å²) < 4.78 is 31.5. The molecule has 1 amide bonds. The number of hydrogen-bond donors (Lipinski definition) is 0. The van der Waals surface area contributed by atoms with Crippen molar-refractivity contribution in [1.29, 1.82) is 0 Å². The Balaban J connectivity index is 1.23. The third kappa shape index (κ3) is 4.74. The van der Waals surface area contributed by atoms with E-state index < -0.39 is 5.82 Å². The van der Waals surface area contributed by atoms with Gasteiger partial charge >= 0.3 is 0 Å². The first-order chi connectivity index (χ1) is 17.6. The minimum Gasteiger partial charge on any atom is -0.497 e. The molecule has 0 unspecified atom stereocenters. The number of ether oxygens (including phenoxy) is 2. The van der Waals surface area contributed by atoms with Gasteiger partial charge in [-0.3, -0.25) is 4.79 Å². The van der Waals surface area contributed by atoms with Gasteiger partial charge in [0.15, 0.2) is 11.6 Å². The lowest BCUT2D eigenvalue weighted by molar-refractivity contribution is -0.132. The molecule has 10 heteroatoms. The molecule has 0 atom stereocenters. The van der Waals surface area contributed by atoms with E-state index in [0.29, 0.717) is 24.3 Å². The average Bonchev–Trinajstić information content (AvgIpc) is 3.58. The number of methoxy groups -OCH3 is 2. The number of amides is 1. The molecule has 2 aromatic heterocycles. The van der Waals surface area contributed by atoms with Gasteiger partial charge in [0.2, 0.25) is 11.7 Å². The molecule has 0 bridgehead atoms. The average molecular weight is 492 g/mol. The quantitative estimate of drug-likeness (QED) is 0.390. The maximum absolute atomic E-state index is 14.1. The highest BCUT2D eigenvalue weighted by Gasteiger charge is 2.23. The third-order valence-electron chi connectivity index (χ3n) is 6.26. The van der Waals surface area contributed by atoms with Crippen LogP contribution in [-0.2, 0) is 11.3 Å². The summed E-state index contributed by atoms with van der Waals surface area (Å²) >= 11 is 0.